The number of hydrogen-bond donors (Lipinski definition) is 2. The average Bonchev–Trinajstić information content (AvgIpc) is 3.64. The molecule has 1 aliphatic heterocycles. The zero-order valence-electron chi connectivity index (χ0n) is 25.4. The van der Waals surface area contributed by atoms with Gasteiger partial charge in [-0.25, -0.2) is 14.4 Å². The van der Waals surface area contributed by atoms with Crippen LogP contribution in [0.3, 0.4) is 0 Å². The first-order chi connectivity index (χ1) is 21.8. The molecule has 0 bridgehead atoms. The van der Waals surface area contributed by atoms with Gasteiger partial charge in [0.05, 0.1) is 16.9 Å². The summed E-state index contributed by atoms with van der Waals surface area (Å²) < 4.78 is 26.6. The van der Waals surface area contributed by atoms with Gasteiger partial charge in [-0.3, -0.25) is 9.69 Å². The van der Waals surface area contributed by atoms with Crippen molar-refractivity contribution in [1.82, 2.24) is 35.6 Å². The summed E-state index contributed by atoms with van der Waals surface area (Å²) in [4.78, 5) is 17.7. The summed E-state index contributed by atoms with van der Waals surface area (Å²) in [5.41, 5.74) is 10.7. The minimum atomic E-state index is -0.576. The summed E-state index contributed by atoms with van der Waals surface area (Å²) in [7, 11) is 0. The maximum absolute atomic E-state index is 14.5. The van der Waals surface area contributed by atoms with Crippen molar-refractivity contribution in [3.63, 3.8) is 0 Å². The van der Waals surface area contributed by atoms with Gasteiger partial charge in [0.1, 0.15) is 18.2 Å². The minimum Gasteiger partial charge on any atom is -0.488 e. The molecule has 0 spiro atoms. The number of rotatable bonds is 12. The van der Waals surface area contributed by atoms with Gasteiger partial charge in [-0.15, -0.1) is 5.10 Å². The van der Waals surface area contributed by atoms with E-state index in [2.05, 4.69) is 61.7 Å². The van der Waals surface area contributed by atoms with Crippen LogP contribution in [0.2, 0.25) is 5.02 Å². The first-order valence-electron chi connectivity index (χ1n) is 14.8. The van der Waals surface area contributed by atoms with Gasteiger partial charge in [0.25, 0.3) is 5.91 Å². The molecule has 45 heavy (non-hydrogen) atoms. The third-order valence-corrected chi connectivity index (χ3v) is 8.21. The Balaban J connectivity index is 1.38. The normalized spacial score (nSPS) is 14.2. The summed E-state index contributed by atoms with van der Waals surface area (Å²) in [5, 5.41) is 20.2. The predicted octanol–water partition coefficient (Wildman–Crippen LogP) is 4.45. The van der Waals surface area contributed by atoms with Crippen LogP contribution in [0.5, 0.6) is 5.75 Å². The quantitative estimate of drug-likeness (QED) is 0.168. The van der Waals surface area contributed by atoms with Crippen LogP contribution >= 0.6 is 11.6 Å². The van der Waals surface area contributed by atoms with E-state index in [1.807, 2.05) is 18.2 Å². The van der Waals surface area contributed by atoms with E-state index in [1.165, 1.54) is 23.0 Å². The lowest BCUT2D eigenvalue weighted by Gasteiger charge is -2.30. The van der Waals surface area contributed by atoms with Gasteiger partial charge in [-0.05, 0) is 80.3 Å². The lowest BCUT2D eigenvalue weighted by atomic mass is 9.99. The predicted molar refractivity (Wildman–Crippen MR) is 168 cm³/mol. The number of halogens is 2. The molecule has 1 amide bonds. The first kappa shape index (κ1) is 31.9. The number of amides is 1. The van der Waals surface area contributed by atoms with E-state index in [0.717, 1.165) is 44.7 Å². The van der Waals surface area contributed by atoms with Gasteiger partial charge in [0.2, 0.25) is 11.6 Å². The Labute approximate surface area is 265 Å². The molecule has 3 N–H and O–H groups in total. The number of piperidine rings is 1. The summed E-state index contributed by atoms with van der Waals surface area (Å²) in [6.07, 6.45) is 3.54. The Bertz CT molecular complexity index is 1630. The van der Waals surface area contributed by atoms with Crippen LogP contribution in [-0.2, 0) is 13.2 Å². The number of hydrogen-bond acceptors (Lipinski definition) is 11. The zero-order valence-corrected chi connectivity index (χ0v) is 26.2. The SMILES string of the molecule is CCN(CC)c1ccc(C=NNC(=O)c2nnn(-c3nonc3N)c2CN2CCC(C)CC2)c(OCc2c(F)cccc2Cl)c1. The van der Waals surface area contributed by atoms with E-state index in [4.69, 9.17) is 26.7 Å². The number of aromatic nitrogens is 5. The fourth-order valence-corrected chi connectivity index (χ4v) is 5.35. The Morgan fingerprint density at radius 3 is 2.71 bits per heavy atom. The summed E-state index contributed by atoms with van der Waals surface area (Å²) in [6, 6.07) is 10.1. The smallest absolute Gasteiger partial charge is 0.293 e. The van der Waals surface area contributed by atoms with Crippen molar-refractivity contribution in [2.75, 3.05) is 36.8 Å². The number of nitrogen functional groups attached to an aromatic ring is 1. The molecule has 0 unspecified atom stereocenters. The maximum atomic E-state index is 14.5. The molecule has 0 radical (unpaired) electrons. The van der Waals surface area contributed by atoms with Crippen molar-refractivity contribution in [2.45, 2.75) is 46.8 Å². The molecule has 0 atom stereocenters. The van der Waals surface area contributed by atoms with Crippen molar-refractivity contribution in [3.8, 4) is 11.6 Å². The molecule has 5 rings (SSSR count). The van der Waals surface area contributed by atoms with Crippen molar-refractivity contribution >= 4 is 35.2 Å². The monoisotopic (exact) mass is 638 g/mol. The topological polar surface area (TPSA) is 153 Å². The molecule has 13 nitrogen and oxygen atoms in total. The van der Waals surface area contributed by atoms with Gasteiger partial charge in [0.15, 0.2) is 5.69 Å². The number of nitrogens with zero attached hydrogens (tertiary/aromatic N) is 8. The summed E-state index contributed by atoms with van der Waals surface area (Å²) in [5.74, 6) is 0.211. The number of hydrazone groups is 1. The summed E-state index contributed by atoms with van der Waals surface area (Å²) in [6.45, 7) is 9.93. The fourth-order valence-electron chi connectivity index (χ4n) is 5.13. The number of carbonyl (C=O) groups excluding carboxylic acids is 1. The largest absolute Gasteiger partial charge is 0.488 e. The molecule has 2 aromatic heterocycles. The van der Waals surface area contributed by atoms with Crippen LogP contribution < -0.4 is 20.8 Å². The molecular weight excluding hydrogens is 603 g/mol. The van der Waals surface area contributed by atoms with Crippen LogP contribution in [0, 0.1) is 11.7 Å². The Morgan fingerprint density at radius 1 is 1.24 bits per heavy atom. The Hall–Kier alpha value is -4.56. The molecule has 15 heteroatoms. The first-order valence-corrected chi connectivity index (χ1v) is 15.2. The van der Waals surface area contributed by atoms with Crippen molar-refractivity contribution in [3.05, 3.63) is 69.8 Å². The van der Waals surface area contributed by atoms with Crippen LogP contribution in [-0.4, -0.2) is 68.5 Å². The Morgan fingerprint density at radius 2 is 2.02 bits per heavy atom. The number of benzene rings is 2. The van der Waals surface area contributed by atoms with E-state index in [9.17, 15) is 9.18 Å². The highest BCUT2D eigenvalue weighted by atomic mass is 35.5. The maximum Gasteiger partial charge on any atom is 0.293 e. The molecule has 238 valence electrons. The minimum absolute atomic E-state index is 0.0238. The number of nitrogens with one attached hydrogen (secondary N) is 1. The van der Waals surface area contributed by atoms with Gasteiger partial charge < -0.3 is 15.4 Å². The van der Waals surface area contributed by atoms with Gasteiger partial charge in [0, 0.05) is 42.5 Å². The molecule has 2 aromatic carbocycles. The van der Waals surface area contributed by atoms with Crippen LogP contribution in [0.15, 0.2) is 46.1 Å². The van der Waals surface area contributed by atoms with Gasteiger partial charge in [-0.2, -0.15) is 9.78 Å². The van der Waals surface area contributed by atoms with E-state index >= 15 is 0 Å². The van der Waals surface area contributed by atoms with Crippen molar-refractivity contribution < 1.29 is 18.6 Å². The lowest BCUT2D eigenvalue weighted by molar-refractivity contribution is 0.0946. The molecule has 0 aliphatic carbocycles. The van der Waals surface area contributed by atoms with Crippen molar-refractivity contribution in [2.24, 2.45) is 11.0 Å². The molecular formula is C30H36ClFN10O3. The number of anilines is 2. The van der Waals surface area contributed by atoms with E-state index in [1.54, 1.807) is 6.07 Å². The molecule has 1 saturated heterocycles. The fraction of sp³-hybridized carbons (Fsp3) is 0.400. The molecule has 4 aromatic rings. The number of carbonyl (C=O) groups is 1. The number of likely N-dealkylation sites (tertiary alicyclic amines) is 1. The second-order valence-corrected chi connectivity index (χ2v) is 11.2. The molecule has 1 aliphatic rings. The van der Waals surface area contributed by atoms with Crippen LogP contribution in [0.25, 0.3) is 5.82 Å². The van der Waals surface area contributed by atoms with Gasteiger partial charge >= 0.3 is 0 Å². The Kier molecular flexibility index (Phi) is 10.2. The third kappa shape index (κ3) is 7.40. The lowest BCUT2D eigenvalue weighted by Crippen LogP contribution is -2.34. The average molecular weight is 639 g/mol. The van der Waals surface area contributed by atoms with Crippen LogP contribution in [0.4, 0.5) is 15.9 Å². The third-order valence-electron chi connectivity index (χ3n) is 7.85. The van der Waals surface area contributed by atoms with Crippen molar-refractivity contribution in [1.29, 1.82) is 0 Å². The summed E-state index contributed by atoms with van der Waals surface area (Å²) >= 11 is 6.23. The molecule has 1 fully saturated rings. The van der Waals surface area contributed by atoms with E-state index in [-0.39, 0.29) is 34.5 Å². The highest BCUT2D eigenvalue weighted by Crippen LogP contribution is 2.28. The van der Waals surface area contributed by atoms with Crippen LogP contribution in [0.1, 0.15) is 60.9 Å². The highest BCUT2D eigenvalue weighted by Gasteiger charge is 2.27. The van der Waals surface area contributed by atoms with Gasteiger partial charge in [-0.1, -0.05) is 29.8 Å². The van der Waals surface area contributed by atoms with E-state index < -0.39 is 11.7 Å². The second-order valence-electron chi connectivity index (χ2n) is 10.8. The second kappa shape index (κ2) is 14.5. The highest BCUT2D eigenvalue weighted by molar-refractivity contribution is 6.31. The molecule has 0 saturated carbocycles. The standard InChI is InChI=1S/C30H36ClFN10O3/c1-4-41(5-2)21-10-9-20(26(15-21)44-18-22-23(31)7-6-8-24(22)32)16-34-36-30(43)27-25(17-40-13-11-19(3)12-14-40)42(39-35-27)29-28(33)37-45-38-29/h6-10,15-16,19H,4-5,11-14,17-18H2,1-3H3,(H2,33,37)(H,36,43). The molecule has 3 heterocycles. The number of ether oxygens (including phenoxy) is 1. The number of nitrogens with two attached hydrogens (primary N) is 1. The zero-order chi connectivity index (χ0) is 31.9. The van der Waals surface area contributed by atoms with E-state index in [0.29, 0.717) is 29.5 Å².